The molecule has 1 saturated heterocycles. The Bertz CT molecular complexity index is 452. The van der Waals surface area contributed by atoms with Crippen molar-refractivity contribution >= 4 is 5.91 Å². The van der Waals surface area contributed by atoms with Crippen LogP contribution in [0.25, 0.3) is 0 Å². The van der Waals surface area contributed by atoms with Crippen molar-refractivity contribution in [1.82, 2.24) is 10.2 Å². The summed E-state index contributed by atoms with van der Waals surface area (Å²) in [4.78, 5) is 14.3. The number of nitrogens with zero attached hydrogens (tertiary/aromatic N) is 1. The van der Waals surface area contributed by atoms with E-state index in [4.69, 9.17) is 10.5 Å². The van der Waals surface area contributed by atoms with Gasteiger partial charge in [0.2, 0.25) is 5.91 Å². The van der Waals surface area contributed by atoms with Gasteiger partial charge in [0, 0.05) is 26.2 Å². The van der Waals surface area contributed by atoms with E-state index in [-0.39, 0.29) is 12.0 Å². The normalized spacial score (nSPS) is 20.5. The molecule has 5 nitrogen and oxygen atoms in total. The molecule has 122 valence electrons. The molecule has 0 bridgehead atoms. The Kier molecular flexibility index (Phi) is 6.83. The molecule has 1 aliphatic heterocycles. The van der Waals surface area contributed by atoms with Crippen LogP contribution in [0, 0.1) is 5.92 Å². The van der Waals surface area contributed by atoms with Gasteiger partial charge in [0.25, 0.3) is 0 Å². The van der Waals surface area contributed by atoms with E-state index in [1.807, 2.05) is 13.0 Å². The lowest BCUT2D eigenvalue weighted by Crippen LogP contribution is -2.44. The first kappa shape index (κ1) is 16.9. The molecule has 2 unspecified atom stereocenters. The van der Waals surface area contributed by atoms with Gasteiger partial charge in [-0.1, -0.05) is 37.3 Å². The number of hydrogen-bond acceptors (Lipinski definition) is 4. The molecule has 1 aromatic carbocycles. The molecule has 1 aliphatic rings. The fraction of sp³-hybridized carbons (Fsp3) is 0.588. The quantitative estimate of drug-likeness (QED) is 0.788. The van der Waals surface area contributed by atoms with E-state index in [0.29, 0.717) is 32.0 Å². The summed E-state index contributed by atoms with van der Waals surface area (Å²) < 4.78 is 5.72. The van der Waals surface area contributed by atoms with Gasteiger partial charge in [0.05, 0.1) is 19.1 Å². The Balaban J connectivity index is 1.74. The molecule has 1 amide bonds. The molecular weight excluding hydrogens is 278 g/mol. The standard InChI is InChI=1S/C17H27N3O2/c1-14(10-18)11-19-17(21)9-16-13-20(7-8-22-16)12-15-5-3-2-4-6-15/h2-6,14,16H,7-13,18H2,1H3,(H,19,21). The SMILES string of the molecule is CC(CN)CNC(=O)CC1CN(Cc2ccccc2)CCO1. The summed E-state index contributed by atoms with van der Waals surface area (Å²) in [5, 5.41) is 2.93. The maximum Gasteiger partial charge on any atom is 0.222 e. The van der Waals surface area contributed by atoms with E-state index in [0.717, 1.165) is 19.6 Å². The van der Waals surface area contributed by atoms with Gasteiger partial charge < -0.3 is 15.8 Å². The van der Waals surface area contributed by atoms with E-state index >= 15 is 0 Å². The molecule has 22 heavy (non-hydrogen) atoms. The van der Waals surface area contributed by atoms with Crippen LogP contribution in [0.5, 0.6) is 0 Å². The lowest BCUT2D eigenvalue weighted by molar-refractivity contribution is -0.126. The van der Waals surface area contributed by atoms with Gasteiger partial charge in [-0.25, -0.2) is 0 Å². The van der Waals surface area contributed by atoms with Crippen LogP contribution in [0.4, 0.5) is 0 Å². The number of nitrogens with one attached hydrogen (secondary N) is 1. The molecule has 3 N–H and O–H groups in total. The number of carbonyl (C=O) groups is 1. The van der Waals surface area contributed by atoms with Crippen molar-refractivity contribution in [2.45, 2.75) is 26.0 Å². The molecule has 0 aliphatic carbocycles. The highest BCUT2D eigenvalue weighted by atomic mass is 16.5. The smallest absolute Gasteiger partial charge is 0.222 e. The minimum atomic E-state index is -0.0226. The third-order valence-corrected chi connectivity index (χ3v) is 3.94. The maximum absolute atomic E-state index is 11.9. The third kappa shape index (κ3) is 5.75. The van der Waals surface area contributed by atoms with Crippen molar-refractivity contribution in [3.63, 3.8) is 0 Å². The second-order valence-electron chi connectivity index (χ2n) is 6.06. The molecule has 5 heteroatoms. The number of carbonyl (C=O) groups excluding carboxylic acids is 1. The molecule has 2 rings (SSSR count). The monoisotopic (exact) mass is 305 g/mol. The zero-order valence-corrected chi connectivity index (χ0v) is 13.3. The summed E-state index contributed by atoms with van der Waals surface area (Å²) in [6.45, 7) is 6.56. The highest BCUT2D eigenvalue weighted by Gasteiger charge is 2.22. The second kappa shape index (κ2) is 8.88. The van der Waals surface area contributed by atoms with Gasteiger partial charge >= 0.3 is 0 Å². The third-order valence-electron chi connectivity index (χ3n) is 3.94. The van der Waals surface area contributed by atoms with Crippen molar-refractivity contribution in [3.8, 4) is 0 Å². The average Bonchev–Trinajstić information content (AvgIpc) is 2.54. The predicted octanol–water partition coefficient (Wildman–Crippen LogP) is 0.989. The molecule has 2 atom stereocenters. The zero-order valence-electron chi connectivity index (χ0n) is 13.3. The van der Waals surface area contributed by atoms with E-state index in [9.17, 15) is 4.79 Å². The first-order valence-electron chi connectivity index (χ1n) is 8.02. The van der Waals surface area contributed by atoms with Crippen LogP contribution in [-0.4, -0.2) is 49.7 Å². The number of rotatable bonds is 7. The fourth-order valence-corrected chi connectivity index (χ4v) is 2.54. The van der Waals surface area contributed by atoms with Gasteiger partial charge in [0.1, 0.15) is 0 Å². The van der Waals surface area contributed by atoms with Gasteiger partial charge in [-0.15, -0.1) is 0 Å². The van der Waals surface area contributed by atoms with Crippen LogP contribution in [0.15, 0.2) is 30.3 Å². The fourth-order valence-electron chi connectivity index (χ4n) is 2.54. The van der Waals surface area contributed by atoms with Crippen molar-refractivity contribution < 1.29 is 9.53 Å². The summed E-state index contributed by atoms with van der Waals surface area (Å²) in [5.74, 6) is 0.359. The van der Waals surface area contributed by atoms with Gasteiger partial charge in [0.15, 0.2) is 0 Å². The highest BCUT2D eigenvalue weighted by Crippen LogP contribution is 2.12. The number of hydrogen-bond donors (Lipinski definition) is 2. The summed E-state index contributed by atoms with van der Waals surface area (Å²) >= 11 is 0. The lowest BCUT2D eigenvalue weighted by atomic mass is 10.1. The predicted molar refractivity (Wildman–Crippen MR) is 87.3 cm³/mol. The molecule has 1 aromatic rings. The van der Waals surface area contributed by atoms with Crippen molar-refractivity contribution in [2.24, 2.45) is 11.7 Å². The molecular formula is C17H27N3O2. The largest absolute Gasteiger partial charge is 0.375 e. The average molecular weight is 305 g/mol. The van der Waals surface area contributed by atoms with Gasteiger partial charge in [-0.3, -0.25) is 9.69 Å². The number of nitrogens with two attached hydrogens (primary N) is 1. The highest BCUT2D eigenvalue weighted by molar-refractivity contribution is 5.76. The second-order valence-corrected chi connectivity index (χ2v) is 6.06. The van der Waals surface area contributed by atoms with Crippen molar-refractivity contribution in [2.75, 3.05) is 32.8 Å². The van der Waals surface area contributed by atoms with Crippen LogP contribution >= 0.6 is 0 Å². The molecule has 1 fully saturated rings. The maximum atomic E-state index is 11.9. The summed E-state index contributed by atoms with van der Waals surface area (Å²) in [5.41, 5.74) is 6.85. The minimum absolute atomic E-state index is 0.0226. The van der Waals surface area contributed by atoms with Crippen LogP contribution < -0.4 is 11.1 Å². The zero-order chi connectivity index (χ0) is 15.8. The van der Waals surface area contributed by atoms with Crippen molar-refractivity contribution in [1.29, 1.82) is 0 Å². The summed E-state index contributed by atoms with van der Waals surface area (Å²) in [6.07, 6.45) is 0.397. The van der Waals surface area contributed by atoms with E-state index < -0.39 is 0 Å². The Morgan fingerprint density at radius 2 is 2.23 bits per heavy atom. The summed E-state index contributed by atoms with van der Waals surface area (Å²) in [7, 11) is 0. The molecule has 0 spiro atoms. The first-order valence-corrected chi connectivity index (χ1v) is 8.02. The Morgan fingerprint density at radius 1 is 1.45 bits per heavy atom. The van der Waals surface area contributed by atoms with Gasteiger partial charge in [-0.05, 0) is 18.0 Å². The molecule has 1 heterocycles. The molecule has 0 aromatic heterocycles. The molecule has 0 radical (unpaired) electrons. The Morgan fingerprint density at radius 3 is 2.95 bits per heavy atom. The van der Waals surface area contributed by atoms with E-state index in [1.54, 1.807) is 0 Å². The van der Waals surface area contributed by atoms with Crippen molar-refractivity contribution in [3.05, 3.63) is 35.9 Å². The topological polar surface area (TPSA) is 67.6 Å². The Hall–Kier alpha value is -1.43. The number of morpholine rings is 1. The number of amides is 1. The Labute approximate surface area is 132 Å². The van der Waals surface area contributed by atoms with Gasteiger partial charge in [-0.2, -0.15) is 0 Å². The van der Waals surface area contributed by atoms with Crippen LogP contribution in [0.3, 0.4) is 0 Å². The van der Waals surface area contributed by atoms with Crippen LogP contribution in [-0.2, 0) is 16.1 Å². The lowest BCUT2D eigenvalue weighted by Gasteiger charge is -2.32. The molecule has 0 saturated carbocycles. The number of ether oxygens (including phenoxy) is 1. The van der Waals surface area contributed by atoms with Crippen LogP contribution in [0.1, 0.15) is 18.9 Å². The van der Waals surface area contributed by atoms with E-state index in [1.165, 1.54) is 5.56 Å². The minimum Gasteiger partial charge on any atom is -0.375 e. The van der Waals surface area contributed by atoms with Crippen LogP contribution in [0.2, 0.25) is 0 Å². The first-order chi connectivity index (χ1) is 10.7. The van der Waals surface area contributed by atoms with E-state index in [2.05, 4.69) is 34.5 Å². The summed E-state index contributed by atoms with van der Waals surface area (Å²) in [6, 6.07) is 10.4. The number of benzene rings is 1.